The Morgan fingerprint density at radius 3 is 1.13 bits per heavy atom. The van der Waals surface area contributed by atoms with E-state index in [0.717, 1.165) is 57.8 Å². The van der Waals surface area contributed by atoms with Gasteiger partial charge in [-0.3, -0.25) is 14.2 Å². The van der Waals surface area contributed by atoms with Gasteiger partial charge in [0.25, 0.3) is 7.82 Å². The third-order valence-electron chi connectivity index (χ3n) is 14.1. The van der Waals surface area contributed by atoms with Gasteiger partial charge in [-0.15, -0.1) is 0 Å². The minimum atomic E-state index is -4.63. The minimum Gasteiger partial charge on any atom is -0.756 e. The first-order valence-electron chi connectivity index (χ1n) is 31.8. The molecular weight excluding hydrogens is 954 g/mol. The van der Waals surface area contributed by atoms with Crippen molar-refractivity contribution in [3.63, 3.8) is 0 Å². The molecule has 2 unspecified atom stereocenters. The van der Waals surface area contributed by atoms with Gasteiger partial charge in [0.1, 0.15) is 19.8 Å². The second-order valence-electron chi connectivity index (χ2n) is 22.8. The van der Waals surface area contributed by atoms with Crippen LogP contribution < -0.4 is 4.89 Å². The molecule has 0 aliphatic rings. The lowest BCUT2D eigenvalue weighted by Crippen LogP contribution is -2.37. The minimum absolute atomic E-state index is 0.0279. The first-order valence-corrected chi connectivity index (χ1v) is 33.3. The Balaban J connectivity index is 3.96. The monoisotopic (exact) mass is 1080 g/mol. The Kier molecular flexibility index (Phi) is 55.1. The molecule has 0 rings (SSSR count). The lowest BCUT2D eigenvalue weighted by atomic mass is 10.0. The van der Waals surface area contributed by atoms with Crippen molar-refractivity contribution in [1.29, 1.82) is 0 Å². The Bertz CT molecular complexity index is 1410. The van der Waals surface area contributed by atoms with Crippen LogP contribution in [0.5, 0.6) is 0 Å². The zero-order valence-corrected chi connectivity index (χ0v) is 50.9. The van der Waals surface area contributed by atoms with E-state index in [2.05, 4.69) is 62.5 Å². The average molecular weight is 1080 g/mol. The molecule has 0 aromatic heterocycles. The Morgan fingerprint density at radius 2 is 0.760 bits per heavy atom. The summed E-state index contributed by atoms with van der Waals surface area (Å²) in [7, 11) is 1.18. The van der Waals surface area contributed by atoms with Gasteiger partial charge >= 0.3 is 11.9 Å². The van der Waals surface area contributed by atoms with Crippen molar-refractivity contribution in [3.05, 3.63) is 48.6 Å². The fourth-order valence-corrected chi connectivity index (χ4v) is 9.97. The van der Waals surface area contributed by atoms with Crippen molar-refractivity contribution in [3.8, 4) is 0 Å². The van der Waals surface area contributed by atoms with Gasteiger partial charge in [-0.05, 0) is 51.4 Å². The van der Waals surface area contributed by atoms with E-state index in [-0.39, 0.29) is 32.0 Å². The number of hydrogen-bond acceptors (Lipinski definition) is 8. The molecule has 0 amide bonds. The highest BCUT2D eigenvalue weighted by Crippen LogP contribution is 2.38. The topological polar surface area (TPSA) is 111 Å². The highest BCUT2D eigenvalue weighted by atomic mass is 31.2. The molecule has 9 nitrogen and oxygen atoms in total. The standard InChI is InChI=1S/C65H122NO8P/c1-6-8-10-12-14-16-18-20-22-24-25-26-27-28-29-30-31-32-33-34-35-36-37-38-39-40-41-42-44-46-48-50-52-54-56-58-65(68)74-63(62-73-75(69,70)72-60-59-66(3,4)5)61-71-64(67)57-55-53-51-49-47-45-43-23-21-19-17-15-13-11-9-7-2/h8,10,14,16,20,22,25-26,63H,6-7,9,11-13,15,17-19,21,23-24,27-62H2,1-5H3/b10-8-,16-14-,22-20-,26-25-. The Morgan fingerprint density at radius 1 is 0.427 bits per heavy atom. The molecule has 75 heavy (non-hydrogen) atoms. The summed E-state index contributed by atoms with van der Waals surface area (Å²) >= 11 is 0. The fraction of sp³-hybridized carbons (Fsp3) is 0.846. The van der Waals surface area contributed by atoms with Crippen molar-refractivity contribution >= 4 is 19.8 Å². The number of carbonyl (C=O) groups is 2. The number of rotatable bonds is 59. The normalized spacial score (nSPS) is 13.5. The van der Waals surface area contributed by atoms with Crippen LogP contribution in [0.4, 0.5) is 0 Å². The van der Waals surface area contributed by atoms with Gasteiger partial charge < -0.3 is 27.9 Å². The van der Waals surface area contributed by atoms with Crippen LogP contribution in [0.25, 0.3) is 0 Å². The van der Waals surface area contributed by atoms with E-state index >= 15 is 0 Å². The Hall–Kier alpha value is -2.03. The summed E-state index contributed by atoms with van der Waals surface area (Å²) in [6.07, 6.45) is 71.8. The van der Waals surface area contributed by atoms with E-state index < -0.39 is 26.5 Å². The number of esters is 2. The molecule has 0 radical (unpaired) electrons. The fourth-order valence-electron chi connectivity index (χ4n) is 9.24. The van der Waals surface area contributed by atoms with Crippen molar-refractivity contribution in [1.82, 2.24) is 0 Å². The third-order valence-corrected chi connectivity index (χ3v) is 15.1. The molecule has 0 N–H and O–H groups in total. The maximum absolute atomic E-state index is 12.8. The summed E-state index contributed by atoms with van der Waals surface area (Å²) in [6.45, 7) is 4.18. The van der Waals surface area contributed by atoms with Gasteiger partial charge in [-0.2, -0.15) is 0 Å². The average Bonchev–Trinajstić information content (AvgIpc) is 3.37. The molecule has 0 saturated carbocycles. The van der Waals surface area contributed by atoms with Crippen LogP contribution in [0.15, 0.2) is 48.6 Å². The van der Waals surface area contributed by atoms with Crippen LogP contribution in [0, 0.1) is 0 Å². The lowest BCUT2D eigenvalue weighted by molar-refractivity contribution is -0.870. The molecule has 0 aromatic carbocycles. The summed E-state index contributed by atoms with van der Waals surface area (Å²) in [5, 5.41) is 0. The first kappa shape index (κ1) is 73.0. The van der Waals surface area contributed by atoms with Crippen molar-refractivity contribution < 1.29 is 42.1 Å². The van der Waals surface area contributed by atoms with Gasteiger partial charge in [0.05, 0.1) is 27.7 Å². The maximum Gasteiger partial charge on any atom is 0.306 e. The van der Waals surface area contributed by atoms with E-state index in [1.165, 1.54) is 212 Å². The largest absolute Gasteiger partial charge is 0.756 e. The van der Waals surface area contributed by atoms with Gasteiger partial charge in [-0.1, -0.05) is 287 Å². The van der Waals surface area contributed by atoms with Gasteiger partial charge in [-0.25, -0.2) is 0 Å². The highest BCUT2D eigenvalue weighted by molar-refractivity contribution is 7.45. The summed E-state index contributed by atoms with van der Waals surface area (Å²) in [5.74, 6) is -0.815. The maximum atomic E-state index is 12.8. The van der Waals surface area contributed by atoms with Crippen molar-refractivity contribution in [2.24, 2.45) is 0 Å². The van der Waals surface area contributed by atoms with Gasteiger partial charge in [0.2, 0.25) is 0 Å². The van der Waals surface area contributed by atoms with E-state index in [1.807, 2.05) is 21.1 Å². The highest BCUT2D eigenvalue weighted by Gasteiger charge is 2.22. The van der Waals surface area contributed by atoms with Gasteiger partial charge in [0.15, 0.2) is 6.10 Å². The number of ether oxygens (including phenoxy) is 2. The van der Waals surface area contributed by atoms with E-state index in [1.54, 1.807) is 0 Å². The molecule has 0 saturated heterocycles. The summed E-state index contributed by atoms with van der Waals surface area (Å²) < 4.78 is 34.2. The third kappa shape index (κ3) is 61.1. The number of phosphoric ester groups is 1. The van der Waals surface area contributed by atoms with Crippen LogP contribution in [-0.4, -0.2) is 70.0 Å². The summed E-state index contributed by atoms with van der Waals surface area (Å²) in [5.41, 5.74) is 0. The zero-order chi connectivity index (χ0) is 54.9. The molecule has 2 atom stereocenters. The molecule has 0 aliphatic carbocycles. The number of carbonyl (C=O) groups excluding carboxylic acids is 2. The first-order chi connectivity index (χ1) is 36.5. The van der Waals surface area contributed by atoms with Crippen LogP contribution in [0.2, 0.25) is 0 Å². The molecule has 0 aromatic rings. The van der Waals surface area contributed by atoms with E-state index in [0.29, 0.717) is 17.4 Å². The number of hydrogen-bond donors (Lipinski definition) is 0. The predicted molar refractivity (Wildman–Crippen MR) is 319 cm³/mol. The summed E-state index contributed by atoms with van der Waals surface area (Å²) in [4.78, 5) is 37.9. The van der Waals surface area contributed by atoms with Gasteiger partial charge in [0, 0.05) is 12.8 Å². The van der Waals surface area contributed by atoms with Crippen LogP contribution in [0.3, 0.4) is 0 Å². The number of quaternary nitrogens is 1. The SMILES string of the molecule is CC/C=C\C/C=C\C/C=C\C/C=C\CCCCCCCCCCCCCCCCCCCCCCCCC(=O)OC(COC(=O)CCCCCCCCCCCCCCCCCC)COP(=O)([O-])OCC[N+](C)(C)C. The predicted octanol–water partition coefficient (Wildman–Crippen LogP) is 19.5. The second-order valence-corrected chi connectivity index (χ2v) is 24.2. The second kappa shape index (κ2) is 56.7. The van der Waals surface area contributed by atoms with Crippen molar-refractivity contribution in [2.45, 2.75) is 309 Å². The Labute approximate surface area is 464 Å². The van der Waals surface area contributed by atoms with E-state index in [4.69, 9.17) is 18.5 Å². The lowest BCUT2D eigenvalue weighted by Gasteiger charge is -2.28. The molecule has 0 aliphatic heterocycles. The molecule has 0 heterocycles. The van der Waals surface area contributed by atoms with E-state index in [9.17, 15) is 19.0 Å². The smallest absolute Gasteiger partial charge is 0.306 e. The molecule has 440 valence electrons. The molecule has 0 spiro atoms. The molecule has 0 fully saturated rings. The number of likely N-dealkylation sites (N-methyl/N-ethyl adjacent to an activating group) is 1. The molecule has 10 heteroatoms. The molecular formula is C65H122NO8P. The zero-order valence-electron chi connectivity index (χ0n) is 50.0. The van der Waals surface area contributed by atoms with Crippen LogP contribution in [-0.2, 0) is 32.7 Å². The number of phosphoric acid groups is 1. The molecule has 0 bridgehead atoms. The van der Waals surface area contributed by atoms with Crippen LogP contribution >= 0.6 is 7.82 Å². The number of nitrogens with zero attached hydrogens (tertiary/aromatic N) is 1. The quantitative estimate of drug-likeness (QED) is 0.0195. The number of allylic oxidation sites excluding steroid dienone is 8. The summed E-state index contributed by atoms with van der Waals surface area (Å²) in [6, 6.07) is 0. The number of unbranched alkanes of at least 4 members (excludes halogenated alkanes) is 37. The van der Waals surface area contributed by atoms with Crippen LogP contribution in [0.1, 0.15) is 303 Å². The van der Waals surface area contributed by atoms with Crippen molar-refractivity contribution in [2.75, 3.05) is 47.5 Å².